The first-order chi connectivity index (χ1) is 9.80. The zero-order valence-electron chi connectivity index (χ0n) is 11.1. The first-order valence-electron chi connectivity index (χ1n) is 6.47. The lowest BCUT2D eigenvalue weighted by Gasteiger charge is -2.30. The van der Waals surface area contributed by atoms with Crippen molar-refractivity contribution >= 4 is 59.2 Å². The lowest BCUT2D eigenvalue weighted by atomic mass is 9.93. The highest BCUT2D eigenvalue weighted by atomic mass is 79.9. The summed E-state index contributed by atoms with van der Waals surface area (Å²) in [7, 11) is -3.48. The molecule has 5 nitrogen and oxygen atoms in total. The van der Waals surface area contributed by atoms with Gasteiger partial charge in [-0.15, -0.1) is 11.3 Å². The number of nitrogens with zero attached hydrogens (tertiary/aromatic N) is 1. The molecule has 1 fully saturated rings. The van der Waals surface area contributed by atoms with Gasteiger partial charge in [-0.25, -0.2) is 8.42 Å². The molecular formula is C12H15Br2NO4S2. The van der Waals surface area contributed by atoms with E-state index in [9.17, 15) is 13.2 Å². The molecule has 1 aliphatic rings. The normalized spacial score (nSPS) is 18.0. The Balaban J connectivity index is 2.01. The first kappa shape index (κ1) is 17.4. The Morgan fingerprint density at radius 3 is 2.48 bits per heavy atom. The molecule has 2 rings (SSSR count). The Labute approximate surface area is 144 Å². The van der Waals surface area contributed by atoms with E-state index < -0.39 is 16.0 Å². The van der Waals surface area contributed by atoms with Crippen LogP contribution >= 0.6 is 43.2 Å². The van der Waals surface area contributed by atoms with Crippen LogP contribution in [-0.2, 0) is 14.8 Å². The van der Waals surface area contributed by atoms with Crippen molar-refractivity contribution in [2.45, 2.75) is 30.6 Å². The molecule has 2 heterocycles. The van der Waals surface area contributed by atoms with Crippen LogP contribution in [0.25, 0.3) is 0 Å². The quantitative estimate of drug-likeness (QED) is 0.729. The molecule has 9 heteroatoms. The van der Waals surface area contributed by atoms with Crippen LogP contribution in [-0.4, -0.2) is 36.9 Å². The topological polar surface area (TPSA) is 74.7 Å². The molecule has 1 saturated heterocycles. The van der Waals surface area contributed by atoms with E-state index in [1.165, 1.54) is 15.6 Å². The predicted octanol–water partition coefficient (Wildman–Crippen LogP) is 3.54. The Bertz CT molecular complexity index is 621. The summed E-state index contributed by atoms with van der Waals surface area (Å²) in [5.41, 5.74) is 0. The summed E-state index contributed by atoms with van der Waals surface area (Å²) in [4.78, 5) is 10.9. The second kappa shape index (κ2) is 7.08. The third-order valence-corrected chi connectivity index (χ3v) is 8.24. The molecule has 0 unspecified atom stereocenters. The number of hydrogen-bond acceptors (Lipinski definition) is 4. The van der Waals surface area contributed by atoms with Crippen molar-refractivity contribution in [2.24, 2.45) is 5.92 Å². The second-order valence-electron chi connectivity index (χ2n) is 4.97. The van der Waals surface area contributed by atoms with E-state index in [4.69, 9.17) is 5.11 Å². The van der Waals surface area contributed by atoms with Crippen LogP contribution in [0.1, 0.15) is 25.7 Å². The van der Waals surface area contributed by atoms with Gasteiger partial charge >= 0.3 is 5.97 Å². The molecule has 0 aromatic carbocycles. The number of rotatable bonds is 5. The van der Waals surface area contributed by atoms with E-state index in [2.05, 4.69) is 31.9 Å². The van der Waals surface area contributed by atoms with Crippen molar-refractivity contribution in [3.63, 3.8) is 0 Å². The highest BCUT2D eigenvalue weighted by molar-refractivity contribution is 9.12. The van der Waals surface area contributed by atoms with Gasteiger partial charge in [0.25, 0.3) is 0 Å². The van der Waals surface area contributed by atoms with Gasteiger partial charge in [0, 0.05) is 19.5 Å². The molecule has 21 heavy (non-hydrogen) atoms. The zero-order chi connectivity index (χ0) is 15.6. The monoisotopic (exact) mass is 459 g/mol. The van der Waals surface area contributed by atoms with E-state index in [-0.39, 0.29) is 6.42 Å². The molecule has 118 valence electrons. The first-order valence-corrected chi connectivity index (χ1v) is 10.3. The highest BCUT2D eigenvalue weighted by Gasteiger charge is 2.31. The molecule has 0 saturated carbocycles. The number of sulfonamides is 1. The average molecular weight is 461 g/mol. The molecule has 0 radical (unpaired) electrons. The molecule has 0 aliphatic carbocycles. The van der Waals surface area contributed by atoms with Gasteiger partial charge in [-0.05, 0) is 63.1 Å². The van der Waals surface area contributed by atoms with Crippen LogP contribution in [0.5, 0.6) is 0 Å². The summed E-state index contributed by atoms with van der Waals surface area (Å²) < 4.78 is 28.0. The second-order valence-corrected chi connectivity index (χ2v) is 10.6. The van der Waals surface area contributed by atoms with E-state index in [1.54, 1.807) is 6.07 Å². The standard InChI is InChI=1S/C12H15Br2NO4S2/c13-10-7-9(12(14)20-10)21(18,19)15-5-3-8(4-6-15)1-2-11(16)17/h7-8H,1-6H2,(H,16,17). The third-order valence-electron chi connectivity index (χ3n) is 3.58. The highest BCUT2D eigenvalue weighted by Crippen LogP contribution is 2.37. The molecule has 1 aliphatic heterocycles. The van der Waals surface area contributed by atoms with Crippen molar-refractivity contribution in [3.05, 3.63) is 13.6 Å². The number of halogens is 2. The smallest absolute Gasteiger partial charge is 0.303 e. The summed E-state index contributed by atoms with van der Waals surface area (Å²) >= 11 is 7.92. The SMILES string of the molecule is O=C(O)CCC1CCN(S(=O)(=O)c2cc(Br)sc2Br)CC1. The molecule has 0 bridgehead atoms. The molecule has 1 aromatic heterocycles. The van der Waals surface area contributed by atoms with E-state index in [0.29, 0.717) is 34.1 Å². The Kier molecular flexibility index (Phi) is 5.86. The fourth-order valence-corrected chi connectivity index (χ4v) is 7.64. The maximum atomic E-state index is 12.6. The van der Waals surface area contributed by atoms with Crippen molar-refractivity contribution in [1.29, 1.82) is 0 Å². The van der Waals surface area contributed by atoms with Gasteiger partial charge in [0.2, 0.25) is 10.0 Å². The Morgan fingerprint density at radius 1 is 1.38 bits per heavy atom. The van der Waals surface area contributed by atoms with Crippen molar-refractivity contribution in [1.82, 2.24) is 4.31 Å². The van der Waals surface area contributed by atoms with E-state index >= 15 is 0 Å². The fraction of sp³-hybridized carbons (Fsp3) is 0.583. The summed E-state index contributed by atoms with van der Waals surface area (Å²) in [5, 5.41) is 8.69. The molecular weight excluding hydrogens is 446 g/mol. The van der Waals surface area contributed by atoms with Crippen LogP contribution in [0.2, 0.25) is 0 Å². The maximum absolute atomic E-state index is 12.6. The molecule has 0 spiro atoms. The lowest BCUT2D eigenvalue weighted by molar-refractivity contribution is -0.137. The van der Waals surface area contributed by atoms with E-state index in [1.807, 2.05) is 0 Å². The molecule has 0 atom stereocenters. The van der Waals surface area contributed by atoms with Crippen LogP contribution < -0.4 is 0 Å². The number of carboxylic acid groups (broad SMARTS) is 1. The number of carbonyl (C=O) groups is 1. The zero-order valence-corrected chi connectivity index (χ0v) is 15.9. The van der Waals surface area contributed by atoms with Gasteiger partial charge < -0.3 is 5.11 Å². The number of hydrogen-bond donors (Lipinski definition) is 1. The number of piperidine rings is 1. The Hall–Kier alpha value is 0.0400. The third kappa shape index (κ3) is 4.28. The average Bonchev–Trinajstić information content (AvgIpc) is 2.76. The van der Waals surface area contributed by atoms with Gasteiger partial charge in [-0.2, -0.15) is 4.31 Å². The summed E-state index contributed by atoms with van der Waals surface area (Å²) in [5.74, 6) is -0.498. The lowest BCUT2D eigenvalue weighted by Crippen LogP contribution is -2.38. The largest absolute Gasteiger partial charge is 0.481 e. The molecule has 1 aromatic rings. The predicted molar refractivity (Wildman–Crippen MR) is 88.1 cm³/mol. The van der Waals surface area contributed by atoms with Gasteiger partial charge in [-0.3, -0.25) is 4.79 Å². The van der Waals surface area contributed by atoms with Gasteiger partial charge in [0.1, 0.15) is 4.90 Å². The summed E-state index contributed by atoms with van der Waals surface area (Å²) in [6.45, 7) is 0.902. The number of thiophene rings is 1. The van der Waals surface area contributed by atoms with Crippen LogP contribution in [0.15, 0.2) is 18.5 Å². The van der Waals surface area contributed by atoms with Gasteiger partial charge in [0.05, 0.1) is 7.57 Å². The van der Waals surface area contributed by atoms with Crippen molar-refractivity contribution in [2.75, 3.05) is 13.1 Å². The molecule has 1 N–H and O–H groups in total. The van der Waals surface area contributed by atoms with Gasteiger partial charge in [-0.1, -0.05) is 0 Å². The van der Waals surface area contributed by atoms with Crippen LogP contribution in [0.4, 0.5) is 0 Å². The van der Waals surface area contributed by atoms with Gasteiger partial charge in [0.15, 0.2) is 0 Å². The summed E-state index contributed by atoms with van der Waals surface area (Å²) in [6, 6.07) is 1.61. The van der Waals surface area contributed by atoms with E-state index in [0.717, 1.165) is 16.6 Å². The number of aliphatic carboxylic acids is 1. The fourth-order valence-electron chi connectivity index (χ4n) is 2.41. The van der Waals surface area contributed by atoms with Crippen molar-refractivity contribution < 1.29 is 18.3 Å². The van der Waals surface area contributed by atoms with Crippen LogP contribution in [0.3, 0.4) is 0 Å². The Morgan fingerprint density at radius 2 is 2.00 bits per heavy atom. The molecule has 0 amide bonds. The minimum absolute atomic E-state index is 0.153. The number of carboxylic acids is 1. The summed E-state index contributed by atoms with van der Waals surface area (Å²) in [6.07, 6.45) is 2.21. The maximum Gasteiger partial charge on any atom is 0.303 e. The van der Waals surface area contributed by atoms with Crippen molar-refractivity contribution in [3.8, 4) is 0 Å². The van der Waals surface area contributed by atoms with Crippen LogP contribution in [0, 0.1) is 5.92 Å². The minimum Gasteiger partial charge on any atom is -0.481 e. The minimum atomic E-state index is -3.48.